The normalized spacial score (nSPS) is 11.7. The molecular formula is C13H17FN2O2S. The average molecular weight is 284 g/mol. The zero-order valence-corrected chi connectivity index (χ0v) is 11.7. The number of hydrogen-bond donors (Lipinski definition) is 2. The summed E-state index contributed by atoms with van der Waals surface area (Å²) in [6, 6.07) is 5.36. The lowest BCUT2D eigenvalue weighted by molar-refractivity contribution is -0.127. The van der Waals surface area contributed by atoms with E-state index < -0.39 is 6.04 Å². The smallest absolute Gasteiger partial charge is 0.242 e. The first-order chi connectivity index (χ1) is 9.02. The zero-order chi connectivity index (χ0) is 14.3. The highest BCUT2D eigenvalue weighted by atomic mass is 32.2. The minimum absolute atomic E-state index is 0.190. The SMILES string of the molecule is CCNC(=O)[C@H](C)NC(=O)CSc1ccc(F)cc1. The first-order valence-electron chi connectivity index (χ1n) is 5.98. The van der Waals surface area contributed by atoms with Crippen LogP contribution in [0.25, 0.3) is 0 Å². The van der Waals surface area contributed by atoms with E-state index in [1.165, 1.54) is 23.9 Å². The molecule has 0 aliphatic carbocycles. The van der Waals surface area contributed by atoms with E-state index in [4.69, 9.17) is 0 Å². The van der Waals surface area contributed by atoms with E-state index >= 15 is 0 Å². The number of rotatable bonds is 6. The molecule has 0 aliphatic heterocycles. The van der Waals surface area contributed by atoms with Crippen LogP contribution in [0.2, 0.25) is 0 Å². The van der Waals surface area contributed by atoms with E-state index in [1.807, 2.05) is 6.92 Å². The summed E-state index contributed by atoms with van der Waals surface area (Å²) in [5.74, 6) is -0.551. The summed E-state index contributed by atoms with van der Waals surface area (Å²) in [5.41, 5.74) is 0. The van der Waals surface area contributed by atoms with E-state index in [0.717, 1.165) is 4.90 Å². The van der Waals surface area contributed by atoms with Gasteiger partial charge in [-0.25, -0.2) is 4.39 Å². The van der Waals surface area contributed by atoms with Crippen molar-refractivity contribution in [3.8, 4) is 0 Å². The van der Waals surface area contributed by atoms with Gasteiger partial charge in [-0.1, -0.05) is 0 Å². The number of halogens is 1. The van der Waals surface area contributed by atoms with Gasteiger partial charge in [0.05, 0.1) is 5.75 Å². The monoisotopic (exact) mass is 284 g/mol. The highest BCUT2D eigenvalue weighted by Gasteiger charge is 2.14. The molecule has 1 rings (SSSR count). The first kappa shape index (κ1) is 15.5. The number of benzene rings is 1. The van der Waals surface area contributed by atoms with Crippen LogP contribution in [-0.2, 0) is 9.59 Å². The third-order valence-corrected chi connectivity index (χ3v) is 3.32. The van der Waals surface area contributed by atoms with Crippen LogP contribution in [0.15, 0.2) is 29.2 Å². The molecule has 4 nitrogen and oxygen atoms in total. The largest absolute Gasteiger partial charge is 0.355 e. The van der Waals surface area contributed by atoms with Crippen LogP contribution in [0, 0.1) is 5.82 Å². The molecule has 0 radical (unpaired) electrons. The van der Waals surface area contributed by atoms with Gasteiger partial charge in [-0.3, -0.25) is 9.59 Å². The number of likely N-dealkylation sites (N-methyl/N-ethyl adjacent to an activating group) is 1. The van der Waals surface area contributed by atoms with Crippen molar-refractivity contribution in [3.63, 3.8) is 0 Å². The van der Waals surface area contributed by atoms with Gasteiger partial charge in [0.1, 0.15) is 11.9 Å². The maximum atomic E-state index is 12.7. The second-order valence-electron chi connectivity index (χ2n) is 3.93. The molecule has 1 aromatic rings. The van der Waals surface area contributed by atoms with Crippen LogP contribution >= 0.6 is 11.8 Å². The quantitative estimate of drug-likeness (QED) is 0.779. The molecule has 2 N–H and O–H groups in total. The van der Waals surface area contributed by atoms with Gasteiger partial charge in [-0.2, -0.15) is 0 Å². The van der Waals surface area contributed by atoms with Crippen molar-refractivity contribution in [3.05, 3.63) is 30.1 Å². The molecule has 2 amide bonds. The highest BCUT2D eigenvalue weighted by molar-refractivity contribution is 8.00. The summed E-state index contributed by atoms with van der Waals surface area (Å²) in [5, 5.41) is 5.23. The summed E-state index contributed by atoms with van der Waals surface area (Å²) >= 11 is 1.29. The lowest BCUT2D eigenvalue weighted by atomic mass is 10.3. The van der Waals surface area contributed by atoms with E-state index in [1.54, 1.807) is 19.1 Å². The minimum atomic E-state index is -0.554. The maximum Gasteiger partial charge on any atom is 0.242 e. The second kappa shape index (κ2) is 7.78. The first-order valence-corrected chi connectivity index (χ1v) is 6.97. The Morgan fingerprint density at radius 3 is 2.53 bits per heavy atom. The molecule has 0 saturated heterocycles. The van der Waals surface area contributed by atoms with Crippen molar-refractivity contribution < 1.29 is 14.0 Å². The molecule has 0 heterocycles. The Bertz CT molecular complexity index is 437. The fraction of sp³-hybridized carbons (Fsp3) is 0.385. The molecular weight excluding hydrogens is 267 g/mol. The fourth-order valence-electron chi connectivity index (χ4n) is 1.36. The molecule has 0 spiro atoms. The minimum Gasteiger partial charge on any atom is -0.355 e. The van der Waals surface area contributed by atoms with Gasteiger partial charge >= 0.3 is 0 Å². The Labute approximate surface area is 116 Å². The third kappa shape index (κ3) is 5.74. The third-order valence-electron chi connectivity index (χ3n) is 2.31. The average Bonchev–Trinajstić information content (AvgIpc) is 2.38. The molecule has 0 unspecified atom stereocenters. The number of carbonyl (C=O) groups is 2. The zero-order valence-electron chi connectivity index (χ0n) is 10.9. The summed E-state index contributed by atoms with van der Waals surface area (Å²) in [7, 11) is 0. The Balaban J connectivity index is 2.35. The van der Waals surface area contributed by atoms with E-state index in [0.29, 0.717) is 6.54 Å². The van der Waals surface area contributed by atoms with Crippen molar-refractivity contribution in [2.24, 2.45) is 0 Å². The van der Waals surface area contributed by atoms with Crippen LogP contribution in [0.4, 0.5) is 4.39 Å². The molecule has 0 aromatic heterocycles. The van der Waals surface area contributed by atoms with Crippen LogP contribution in [0.5, 0.6) is 0 Å². The molecule has 19 heavy (non-hydrogen) atoms. The van der Waals surface area contributed by atoms with Crippen LogP contribution in [0.1, 0.15) is 13.8 Å². The molecule has 0 aliphatic rings. The number of nitrogens with one attached hydrogen (secondary N) is 2. The number of thioether (sulfide) groups is 1. The standard InChI is InChI=1S/C13H17FN2O2S/c1-3-15-13(18)9(2)16-12(17)8-19-11-6-4-10(14)5-7-11/h4-7,9H,3,8H2,1-2H3,(H,15,18)(H,16,17)/t9-/m0/s1. The molecule has 0 saturated carbocycles. The highest BCUT2D eigenvalue weighted by Crippen LogP contribution is 2.17. The second-order valence-corrected chi connectivity index (χ2v) is 4.98. The maximum absolute atomic E-state index is 12.7. The molecule has 6 heteroatoms. The van der Waals surface area contributed by atoms with Crippen LogP contribution in [0.3, 0.4) is 0 Å². The summed E-state index contributed by atoms with van der Waals surface area (Å²) in [4.78, 5) is 23.8. The molecule has 0 bridgehead atoms. The Morgan fingerprint density at radius 2 is 1.95 bits per heavy atom. The van der Waals surface area contributed by atoms with Gasteiger partial charge < -0.3 is 10.6 Å². The Morgan fingerprint density at radius 1 is 1.32 bits per heavy atom. The predicted octanol–water partition coefficient (Wildman–Crippen LogP) is 1.56. The Hall–Kier alpha value is -1.56. The predicted molar refractivity (Wildman–Crippen MR) is 73.4 cm³/mol. The lowest BCUT2D eigenvalue weighted by Crippen LogP contribution is -2.45. The molecule has 104 valence electrons. The van der Waals surface area contributed by atoms with Gasteiger partial charge in [-0.05, 0) is 38.1 Å². The van der Waals surface area contributed by atoms with E-state index in [2.05, 4.69) is 10.6 Å². The van der Waals surface area contributed by atoms with Gasteiger partial charge in [0, 0.05) is 11.4 Å². The van der Waals surface area contributed by atoms with Crippen molar-refractivity contribution >= 4 is 23.6 Å². The Kier molecular flexibility index (Phi) is 6.35. The topological polar surface area (TPSA) is 58.2 Å². The number of carbonyl (C=O) groups excluding carboxylic acids is 2. The van der Waals surface area contributed by atoms with E-state index in [-0.39, 0.29) is 23.4 Å². The van der Waals surface area contributed by atoms with Crippen molar-refractivity contribution in [1.82, 2.24) is 10.6 Å². The van der Waals surface area contributed by atoms with Gasteiger partial charge in [0.2, 0.25) is 11.8 Å². The summed E-state index contributed by atoms with van der Waals surface area (Å²) < 4.78 is 12.7. The summed E-state index contributed by atoms with van der Waals surface area (Å²) in [6.45, 7) is 3.98. The summed E-state index contributed by atoms with van der Waals surface area (Å²) in [6.07, 6.45) is 0. The molecule has 1 aromatic carbocycles. The molecule has 0 fully saturated rings. The fourth-order valence-corrected chi connectivity index (χ4v) is 2.07. The van der Waals surface area contributed by atoms with Crippen LogP contribution in [-0.4, -0.2) is 30.2 Å². The van der Waals surface area contributed by atoms with E-state index in [9.17, 15) is 14.0 Å². The van der Waals surface area contributed by atoms with Crippen molar-refractivity contribution in [2.75, 3.05) is 12.3 Å². The van der Waals surface area contributed by atoms with Crippen molar-refractivity contribution in [2.45, 2.75) is 24.8 Å². The lowest BCUT2D eigenvalue weighted by Gasteiger charge is -2.13. The molecule has 1 atom stereocenters. The number of amides is 2. The van der Waals surface area contributed by atoms with Gasteiger partial charge in [0.15, 0.2) is 0 Å². The van der Waals surface area contributed by atoms with Crippen molar-refractivity contribution in [1.29, 1.82) is 0 Å². The van der Waals surface area contributed by atoms with Crippen LogP contribution < -0.4 is 10.6 Å². The number of hydrogen-bond acceptors (Lipinski definition) is 3. The van der Waals surface area contributed by atoms with Gasteiger partial charge in [0.25, 0.3) is 0 Å². The van der Waals surface area contributed by atoms with Gasteiger partial charge in [-0.15, -0.1) is 11.8 Å².